The number of carbonyl (C=O) groups is 2. The Balaban J connectivity index is 1.28. The average molecular weight is 614 g/mol. The minimum Gasteiger partial charge on any atom is -0.481 e. The maximum atomic E-state index is 14.6. The van der Waals surface area contributed by atoms with E-state index in [1.165, 1.54) is 11.8 Å². The van der Waals surface area contributed by atoms with Gasteiger partial charge in [-0.25, -0.2) is 0 Å². The number of nitrogens with zero attached hydrogens (tertiary/aromatic N) is 2. The summed E-state index contributed by atoms with van der Waals surface area (Å²) in [6.07, 6.45) is 4.18. The topological polar surface area (TPSA) is 105 Å². The van der Waals surface area contributed by atoms with Crippen molar-refractivity contribution >= 4 is 46.3 Å². The number of oxazole rings is 1. The highest BCUT2D eigenvalue weighted by Gasteiger charge is 2.50. The molecule has 230 valence electrons. The highest BCUT2D eigenvalue weighted by molar-refractivity contribution is 8.01. The van der Waals surface area contributed by atoms with Gasteiger partial charge in [0.2, 0.25) is 5.06 Å². The first-order valence-electron chi connectivity index (χ1n) is 15.4. The van der Waals surface area contributed by atoms with Crippen LogP contribution < -0.4 is 5.32 Å². The lowest BCUT2D eigenvalue weighted by atomic mass is 9.75. The van der Waals surface area contributed by atoms with Crippen molar-refractivity contribution in [3.63, 3.8) is 0 Å². The van der Waals surface area contributed by atoms with Crippen LogP contribution in [0.15, 0.2) is 82.1 Å². The number of benzene rings is 3. The van der Waals surface area contributed by atoms with Crippen LogP contribution in [0.1, 0.15) is 56.6 Å². The Morgan fingerprint density at radius 3 is 2.48 bits per heavy atom. The number of rotatable bonds is 11. The van der Waals surface area contributed by atoms with Gasteiger partial charge in [-0.05, 0) is 93.8 Å². The third-order valence-corrected chi connectivity index (χ3v) is 10.3. The summed E-state index contributed by atoms with van der Waals surface area (Å²) < 4.78 is 13.0. The maximum absolute atomic E-state index is 14.6. The lowest BCUT2D eigenvalue weighted by Gasteiger charge is -2.44. The van der Waals surface area contributed by atoms with Gasteiger partial charge in [0.05, 0.1) is 11.5 Å². The van der Waals surface area contributed by atoms with Crippen molar-refractivity contribution in [3.8, 4) is 0 Å². The quantitative estimate of drug-likeness (QED) is 0.131. The molecule has 1 atom stereocenters. The zero-order chi connectivity index (χ0) is 30.7. The predicted octanol–water partition coefficient (Wildman–Crippen LogP) is 7.58. The summed E-state index contributed by atoms with van der Waals surface area (Å²) in [5.41, 5.74) is 3.39. The first kappa shape index (κ1) is 30.4. The van der Waals surface area contributed by atoms with Crippen molar-refractivity contribution < 1.29 is 23.8 Å². The van der Waals surface area contributed by atoms with Gasteiger partial charge >= 0.3 is 5.97 Å². The number of nitrogens with one attached hydrogen (secondary N) is 1. The summed E-state index contributed by atoms with van der Waals surface area (Å²) in [6, 6.07) is 24.0. The fraction of sp³-hybridized carbons (Fsp3) is 0.400. The van der Waals surface area contributed by atoms with Crippen LogP contribution in [-0.2, 0) is 20.7 Å². The Kier molecular flexibility index (Phi) is 8.80. The molecule has 1 aliphatic carbocycles. The Bertz CT molecular complexity index is 1630. The van der Waals surface area contributed by atoms with E-state index in [0.717, 1.165) is 47.6 Å². The fourth-order valence-electron chi connectivity index (χ4n) is 6.17. The summed E-state index contributed by atoms with van der Waals surface area (Å²) >= 11 is 1.46. The fourth-order valence-corrected chi connectivity index (χ4v) is 7.46. The summed E-state index contributed by atoms with van der Waals surface area (Å²) in [5.74, 6) is -0.798. The summed E-state index contributed by atoms with van der Waals surface area (Å²) in [4.78, 5) is 34.3. The van der Waals surface area contributed by atoms with Gasteiger partial charge in [-0.15, -0.1) is 0 Å². The number of carboxylic acid groups (broad SMARTS) is 1. The Labute approximate surface area is 262 Å². The first-order valence-corrected chi connectivity index (χ1v) is 16.2. The van der Waals surface area contributed by atoms with E-state index in [4.69, 9.17) is 9.15 Å². The Hall–Kier alpha value is -3.66. The molecule has 1 aromatic heterocycles. The van der Waals surface area contributed by atoms with E-state index in [9.17, 15) is 14.7 Å². The molecule has 4 aromatic rings. The molecule has 1 aliphatic heterocycles. The number of carboxylic acids is 1. The number of hydrogen-bond donors (Lipinski definition) is 2. The molecule has 1 unspecified atom stereocenters. The van der Waals surface area contributed by atoms with Crippen molar-refractivity contribution in [2.24, 2.45) is 5.41 Å². The lowest BCUT2D eigenvalue weighted by molar-refractivity contribution is -0.169. The third kappa shape index (κ3) is 6.41. The van der Waals surface area contributed by atoms with Gasteiger partial charge in [0.25, 0.3) is 6.01 Å². The summed E-state index contributed by atoms with van der Waals surface area (Å²) in [7, 11) is 0. The zero-order valence-corrected chi connectivity index (χ0v) is 26.1. The number of thioether (sulfide) groups is 1. The minimum absolute atomic E-state index is 0.0306. The number of likely N-dealkylation sites (tertiary alicyclic amines) is 1. The second-order valence-electron chi connectivity index (χ2n) is 12.2. The molecular formula is C35H39N3O5S. The van der Waals surface area contributed by atoms with Crippen LogP contribution in [0.25, 0.3) is 11.1 Å². The van der Waals surface area contributed by atoms with E-state index in [0.29, 0.717) is 42.8 Å². The van der Waals surface area contributed by atoms with Crippen LogP contribution in [0.5, 0.6) is 0 Å². The molecule has 0 amide bonds. The van der Waals surface area contributed by atoms with Crippen LogP contribution in [0, 0.1) is 12.3 Å². The normalized spacial score (nSPS) is 22.1. The Morgan fingerprint density at radius 2 is 1.77 bits per heavy atom. The molecule has 44 heavy (non-hydrogen) atoms. The highest BCUT2D eigenvalue weighted by Crippen LogP contribution is 2.45. The Morgan fingerprint density at radius 1 is 1.07 bits per heavy atom. The minimum atomic E-state index is -1.23. The number of para-hydroxylation sites is 1. The number of aliphatic carboxylic acids is 1. The second kappa shape index (κ2) is 12.8. The number of aromatic nitrogens is 1. The molecule has 9 heteroatoms. The molecule has 1 saturated heterocycles. The second-order valence-corrected chi connectivity index (χ2v) is 13.5. The molecule has 2 heterocycles. The van der Waals surface area contributed by atoms with E-state index in [2.05, 4.69) is 15.2 Å². The number of ketones is 1. The van der Waals surface area contributed by atoms with Crippen molar-refractivity contribution in [1.82, 2.24) is 9.88 Å². The largest absolute Gasteiger partial charge is 0.481 e. The van der Waals surface area contributed by atoms with Crippen LogP contribution in [0.4, 0.5) is 11.7 Å². The third-order valence-electron chi connectivity index (χ3n) is 8.96. The maximum Gasteiger partial charge on any atom is 0.309 e. The molecule has 0 radical (unpaired) electrons. The number of hydrogen-bond acceptors (Lipinski definition) is 8. The molecule has 3 aromatic carbocycles. The van der Waals surface area contributed by atoms with Crippen LogP contribution in [0.2, 0.25) is 0 Å². The molecule has 2 aliphatic rings. The SMILES string of the molecule is Cc1ccccc1Nc1nc2ccc(CC(=O)C(OC3CCC(C)(C(=O)O)CC3)(Sc3ccccc3)N3CCCC3)cc2o1. The van der Waals surface area contributed by atoms with Gasteiger partial charge in [0.15, 0.2) is 11.4 Å². The molecule has 1 saturated carbocycles. The van der Waals surface area contributed by atoms with Crippen molar-refractivity contribution in [2.45, 2.75) is 74.8 Å². The van der Waals surface area contributed by atoms with Crippen LogP contribution in [0.3, 0.4) is 0 Å². The smallest absolute Gasteiger partial charge is 0.309 e. The van der Waals surface area contributed by atoms with E-state index in [1.807, 2.05) is 86.6 Å². The van der Waals surface area contributed by atoms with Gasteiger partial charge in [-0.1, -0.05) is 54.2 Å². The lowest BCUT2D eigenvalue weighted by Crippen LogP contribution is -2.56. The van der Waals surface area contributed by atoms with E-state index >= 15 is 0 Å². The first-order chi connectivity index (χ1) is 21.2. The van der Waals surface area contributed by atoms with Crippen molar-refractivity contribution in [1.29, 1.82) is 0 Å². The van der Waals surface area contributed by atoms with Gasteiger partial charge in [-0.2, -0.15) is 4.98 Å². The number of ether oxygens (including phenoxy) is 1. The number of Topliss-reactive ketones (excluding diaryl/α,β-unsaturated/α-hetero) is 1. The number of anilines is 2. The van der Waals surface area contributed by atoms with Crippen molar-refractivity contribution in [3.05, 3.63) is 83.9 Å². The number of fused-ring (bicyclic) bond motifs is 1. The number of aryl methyl sites for hydroxylation is 1. The molecule has 0 spiro atoms. The van der Waals surface area contributed by atoms with Crippen molar-refractivity contribution in [2.75, 3.05) is 18.4 Å². The molecule has 8 nitrogen and oxygen atoms in total. The molecule has 2 fully saturated rings. The highest BCUT2D eigenvalue weighted by atomic mass is 32.2. The van der Waals surface area contributed by atoms with Crippen LogP contribution >= 0.6 is 11.8 Å². The van der Waals surface area contributed by atoms with E-state index < -0.39 is 16.4 Å². The van der Waals surface area contributed by atoms with Gasteiger partial charge < -0.3 is 19.6 Å². The molecular weight excluding hydrogens is 574 g/mol. The number of carbonyl (C=O) groups excluding carboxylic acids is 1. The predicted molar refractivity (Wildman–Crippen MR) is 172 cm³/mol. The zero-order valence-electron chi connectivity index (χ0n) is 25.3. The van der Waals surface area contributed by atoms with Gasteiger partial charge in [0.1, 0.15) is 5.52 Å². The van der Waals surface area contributed by atoms with E-state index in [-0.39, 0.29) is 18.3 Å². The monoisotopic (exact) mass is 613 g/mol. The van der Waals surface area contributed by atoms with E-state index in [1.54, 1.807) is 0 Å². The summed E-state index contributed by atoms with van der Waals surface area (Å²) in [6.45, 7) is 5.36. The van der Waals surface area contributed by atoms with Gasteiger partial charge in [0, 0.05) is 30.1 Å². The molecule has 2 N–H and O–H groups in total. The standard InChI is InChI=1S/C35H39N3O5S/c1-24-10-6-7-13-28(24)36-33-37-29-15-14-25(22-30(29)42-33)23-31(39)35(38-20-8-9-21-38,44-27-11-4-3-5-12-27)43-26-16-18-34(2,19-17-26)32(40)41/h3-7,10-15,22,26H,8-9,16-21,23H2,1-2H3,(H,36,37)(H,40,41). The summed E-state index contributed by atoms with van der Waals surface area (Å²) in [5, 5.41) is 11.8. The van der Waals surface area contributed by atoms with Crippen LogP contribution in [-0.4, -0.2) is 51.0 Å². The molecule has 6 rings (SSSR count). The average Bonchev–Trinajstić information content (AvgIpc) is 3.70. The molecule has 0 bridgehead atoms. The van der Waals surface area contributed by atoms with Gasteiger partial charge in [-0.3, -0.25) is 14.5 Å².